The molecule has 1 N–H and O–H groups in total. The van der Waals surface area contributed by atoms with E-state index in [1.165, 1.54) is 32.1 Å². The van der Waals surface area contributed by atoms with Crippen LogP contribution in [0, 0.1) is 0 Å². The summed E-state index contributed by atoms with van der Waals surface area (Å²) in [7, 11) is 0. The van der Waals surface area contributed by atoms with E-state index in [-0.39, 0.29) is 11.7 Å². The van der Waals surface area contributed by atoms with Crippen LogP contribution in [0.3, 0.4) is 0 Å². The monoisotopic (exact) mass is 504 g/mol. The van der Waals surface area contributed by atoms with Crippen molar-refractivity contribution in [2.24, 2.45) is 0 Å². The number of hydrogen-bond donors (Lipinski definition) is 1. The van der Waals surface area contributed by atoms with Gasteiger partial charge in [-0.15, -0.1) is 0 Å². The zero-order valence-electron chi connectivity index (χ0n) is 22.4. The standard InChI is InChI=1S/C32H40O5/c1-4-6-7-8-9-10-21-36-28-16-11-25(12-17-28)30-20-15-27(32(33)34)22-31(30)26-13-18-29(19-14-26)37-23-24(3)35-5-2/h11-20,22,24H,4-10,21,23H2,1-3H3,(H,33,34)/t24-/m0/s1. The van der Waals surface area contributed by atoms with Crippen molar-refractivity contribution in [3.63, 3.8) is 0 Å². The molecule has 0 bridgehead atoms. The van der Waals surface area contributed by atoms with E-state index < -0.39 is 5.97 Å². The van der Waals surface area contributed by atoms with Crippen molar-refractivity contribution in [1.29, 1.82) is 0 Å². The molecule has 3 rings (SSSR count). The number of unbranched alkanes of at least 4 members (excludes halogenated alkanes) is 5. The quantitative estimate of drug-likeness (QED) is 0.199. The van der Waals surface area contributed by atoms with Crippen LogP contribution in [0.2, 0.25) is 0 Å². The SMILES string of the molecule is CCCCCCCCOc1ccc(-c2ccc(C(=O)O)cc2-c2ccc(OC[C@H](C)OCC)cc2)cc1. The van der Waals surface area contributed by atoms with Crippen LogP contribution < -0.4 is 9.47 Å². The molecule has 1 atom stereocenters. The minimum Gasteiger partial charge on any atom is -0.494 e. The van der Waals surface area contributed by atoms with Gasteiger partial charge < -0.3 is 19.3 Å². The second-order valence-electron chi connectivity index (χ2n) is 9.31. The van der Waals surface area contributed by atoms with E-state index in [1.54, 1.807) is 12.1 Å². The van der Waals surface area contributed by atoms with Crippen molar-refractivity contribution in [2.45, 2.75) is 65.4 Å². The average molecular weight is 505 g/mol. The van der Waals surface area contributed by atoms with Gasteiger partial charge in [0.05, 0.1) is 18.3 Å². The molecular formula is C32H40O5. The molecule has 37 heavy (non-hydrogen) atoms. The molecule has 0 amide bonds. The lowest BCUT2D eigenvalue weighted by molar-refractivity contribution is 0.0402. The van der Waals surface area contributed by atoms with Crippen molar-refractivity contribution in [2.75, 3.05) is 19.8 Å². The predicted molar refractivity (Wildman–Crippen MR) is 150 cm³/mol. The molecule has 0 fully saturated rings. The van der Waals surface area contributed by atoms with Gasteiger partial charge in [-0.05, 0) is 78.9 Å². The molecule has 0 heterocycles. The van der Waals surface area contributed by atoms with Crippen LogP contribution in [0.4, 0.5) is 0 Å². The first-order valence-corrected chi connectivity index (χ1v) is 13.5. The van der Waals surface area contributed by atoms with Crippen LogP contribution in [0.15, 0.2) is 66.7 Å². The maximum Gasteiger partial charge on any atom is 0.335 e. The lowest BCUT2D eigenvalue weighted by Gasteiger charge is -2.15. The van der Waals surface area contributed by atoms with Crippen LogP contribution in [-0.4, -0.2) is 37.0 Å². The van der Waals surface area contributed by atoms with E-state index in [0.717, 1.165) is 46.8 Å². The van der Waals surface area contributed by atoms with E-state index in [0.29, 0.717) is 13.2 Å². The molecule has 5 nitrogen and oxygen atoms in total. The van der Waals surface area contributed by atoms with Gasteiger partial charge in [-0.2, -0.15) is 0 Å². The van der Waals surface area contributed by atoms with Crippen LogP contribution >= 0.6 is 0 Å². The third-order valence-corrected chi connectivity index (χ3v) is 6.30. The normalized spacial score (nSPS) is 11.8. The van der Waals surface area contributed by atoms with Crippen LogP contribution in [-0.2, 0) is 4.74 Å². The van der Waals surface area contributed by atoms with E-state index in [9.17, 15) is 9.90 Å². The lowest BCUT2D eigenvalue weighted by atomic mass is 9.92. The summed E-state index contributed by atoms with van der Waals surface area (Å²) < 4.78 is 17.3. The van der Waals surface area contributed by atoms with Gasteiger partial charge in [0.2, 0.25) is 0 Å². The summed E-state index contributed by atoms with van der Waals surface area (Å²) in [6.07, 6.45) is 7.42. The minimum atomic E-state index is -0.948. The smallest absolute Gasteiger partial charge is 0.335 e. The summed E-state index contributed by atoms with van der Waals surface area (Å²) in [6, 6.07) is 21.0. The Kier molecular flexibility index (Phi) is 11.5. The third kappa shape index (κ3) is 8.94. The van der Waals surface area contributed by atoms with Crippen molar-refractivity contribution in [1.82, 2.24) is 0 Å². The highest BCUT2D eigenvalue weighted by Crippen LogP contribution is 2.35. The van der Waals surface area contributed by atoms with Crippen LogP contribution in [0.25, 0.3) is 22.3 Å². The molecule has 0 aliphatic carbocycles. The Labute approximate surface area is 221 Å². The van der Waals surface area contributed by atoms with Gasteiger partial charge in [0.25, 0.3) is 0 Å². The molecule has 5 heteroatoms. The Hall–Kier alpha value is -3.31. The maximum atomic E-state index is 11.7. The molecule has 0 aliphatic rings. The zero-order chi connectivity index (χ0) is 26.5. The van der Waals surface area contributed by atoms with Gasteiger partial charge in [-0.1, -0.05) is 69.4 Å². The second-order valence-corrected chi connectivity index (χ2v) is 9.31. The molecule has 0 radical (unpaired) electrons. The number of aromatic carboxylic acids is 1. The van der Waals surface area contributed by atoms with Crippen molar-refractivity contribution in [3.8, 4) is 33.8 Å². The summed E-state index contributed by atoms with van der Waals surface area (Å²) in [5.74, 6) is 0.651. The Morgan fingerprint density at radius 1 is 0.757 bits per heavy atom. The first kappa shape index (κ1) is 28.3. The van der Waals surface area contributed by atoms with E-state index in [1.807, 2.05) is 68.4 Å². The van der Waals surface area contributed by atoms with Crippen molar-refractivity contribution in [3.05, 3.63) is 72.3 Å². The highest BCUT2D eigenvalue weighted by molar-refractivity contribution is 5.93. The van der Waals surface area contributed by atoms with Gasteiger partial charge in [0, 0.05) is 6.61 Å². The van der Waals surface area contributed by atoms with Gasteiger partial charge in [-0.25, -0.2) is 4.79 Å². The molecule has 198 valence electrons. The number of benzene rings is 3. The molecule has 0 saturated carbocycles. The Balaban J connectivity index is 1.71. The van der Waals surface area contributed by atoms with E-state index in [2.05, 4.69) is 6.92 Å². The van der Waals surface area contributed by atoms with Gasteiger partial charge >= 0.3 is 5.97 Å². The summed E-state index contributed by atoms with van der Waals surface area (Å²) in [5.41, 5.74) is 4.00. The largest absolute Gasteiger partial charge is 0.494 e. The van der Waals surface area contributed by atoms with Crippen LogP contribution in [0.5, 0.6) is 11.5 Å². The van der Waals surface area contributed by atoms with Gasteiger partial charge in [0.1, 0.15) is 18.1 Å². The lowest BCUT2D eigenvalue weighted by Crippen LogP contribution is -2.17. The number of hydrogen-bond acceptors (Lipinski definition) is 4. The van der Waals surface area contributed by atoms with Gasteiger partial charge in [-0.3, -0.25) is 0 Å². The molecule has 3 aromatic rings. The van der Waals surface area contributed by atoms with Crippen molar-refractivity contribution >= 4 is 5.97 Å². The van der Waals surface area contributed by atoms with E-state index in [4.69, 9.17) is 14.2 Å². The molecule has 0 unspecified atom stereocenters. The molecular weight excluding hydrogens is 464 g/mol. The molecule has 0 aliphatic heterocycles. The summed E-state index contributed by atoms with van der Waals surface area (Å²) in [6.45, 7) is 8.02. The Morgan fingerprint density at radius 2 is 1.35 bits per heavy atom. The minimum absolute atomic E-state index is 0.0151. The maximum absolute atomic E-state index is 11.7. The summed E-state index contributed by atoms with van der Waals surface area (Å²) in [5, 5.41) is 9.58. The number of carbonyl (C=O) groups is 1. The Bertz CT molecular complexity index is 1090. The van der Waals surface area contributed by atoms with E-state index >= 15 is 0 Å². The molecule has 0 aromatic heterocycles. The summed E-state index contributed by atoms with van der Waals surface area (Å²) >= 11 is 0. The predicted octanol–water partition coefficient (Wildman–Crippen LogP) is 8.26. The number of rotatable bonds is 16. The molecule has 3 aromatic carbocycles. The number of carboxylic acid groups (broad SMARTS) is 1. The zero-order valence-corrected chi connectivity index (χ0v) is 22.4. The first-order valence-electron chi connectivity index (χ1n) is 13.5. The highest BCUT2D eigenvalue weighted by Gasteiger charge is 2.13. The second kappa shape index (κ2) is 15.1. The molecule has 0 spiro atoms. The fourth-order valence-corrected chi connectivity index (χ4v) is 4.25. The first-order chi connectivity index (χ1) is 18.0. The highest BCUT2D eigenvalue weighted by atomic mass is 16.5. The van der Waals surface area contributed by atoms with Crippen molar-refractivity contribution < 1.29 is 24.1 Å². The fraction of sp³-hybridized carbons (Fsp3) is 0.406. The van der Waals surface area contributed by atoms with Gasteiger partial charge in [0.15, 0.2) is 0 Å². The average Bonchev–Trinajstić information content (AvgIpc) is 2.92. The fourth-order valence-electron chi connectivity index (χ4n) is 4.25. The third-order valence-electron chi connectivity index (χ3n) is 6.30. The topological polar surface area (TPSA) is 65.0 Å². The number of carboxylic acids is 1. The molecule has 0 saturated heterocycles. The summed E-state index contributed by atoms with van der Waals surface area (Å²) in [4.78, 5) is 11.7. The van der Waals surface area contributed by atoms with Crippen LogP contribution in [0.1, 0.15) is 69.7 Å². The Morgan fingerprint density at radius 3 is 1.97 bits per heavy atom. The number of ether oxygens (including phenoxy) is 3.